The molecule has 1 aliphatic rings. The van der Waals surface area contributed by atoms with Crippen LogP contribution in [0.5, 0.6) is 5.75 Å². The van der Waals surface area contributed by atoms with E-state index in [1.165, 1.54) is 12.1 Å². The van der Waals surface area contributed by atoms with Crippen molar-refractivity contribution >= 4 is 11.7 Å². The lowest BCUT2D eigenvalue weighted by Crippen LogP contribution is -2.61. The van der Waals surface area contributed by atoms with E-state index in [0.29, 0.717) is 5.69 Å². The first-order valence-corrected chi connectivity index (χ1v) is 5.85. The normalized spacial score (nSPS) is 33.6. The SMILES string of the molecule is Nc1ccc(O[C@@H]2OC(C(=O)O)[C@@H](O)[C@H](O)[C@@H]2O)cc1. The van der Waals surface area contributed by atoms with Crippen molar-refractivity contribution in [1.82, 2.24) is 0 Å². The summed E-state index contributed by atoms with van der Waals surface area (Å²) in [7, 11) is 0. The largest absolute Gasteiger partial charge is 0.479 e. The summed E-state index contributed by atoms with van der Waals surface area (Å²) in [6.45, 7) is 0. The minimum atomic E-state index is -1.74. The molecule has 8 nitrogen and oxygen atoms in total. The molecule has 0 radical (unpaired) electrons. The van der Waals surface area contributed by atoms with Crippen molar-refractivity contribution in [1.29, 1.82) is 0 Å². The van der Waals surface area contributed by atoms with Crippen LogP contribution in [0.15, 0.2) is 24.3 Å². The summed E-state index contributed by atoms with van der Waals surface area (Å²) >= 11 is 0. The number of carboxylic acids is 1. The number of aliphatic hydroxyl groups excluding tert-OH is 3. The van der Waals surface area contributed by atoms with Crippen molar-refractivity contribution in [3.8, 4) is 5.75 Å². The fourth-order valence-corrected chi connectivity index (χ4v) is 1.83. The molecule has 1 unspecified atom stereocenters. The van der Waals surface area contributed by atoms with Crippen molar-refractivity contribution in [2.75, 3.05) is 5.73 Å². The molecular formula is C12H15NO7. The molecule has 20 heavy (non-hydrogen) atoms. The summed E-state index contributed by atoms with van der Waals surface area (Å²) in [4.78, 5) is 10.9. The molecule has 1 saturated heterocycles. The Bertz CT molecular complexity index is 477. The van der Waals surface area contributed by atoms with Gasteiger partial charge in [0.1, 0.15) is 24.1 Å². The number of carbonyl (C=O) groups is 1. The molecule has 0 spiro atoms. The maximum Gasteiger partial charge on any atom is 0.335 e. The predicted molar refractivity (Wildman–Crippen MR) is 65.8 cm³/mol. The van der Waals surface area contributed by atoms with Gasteiger partial charge in [0.05, 0.1) is 0 Å². The number of aliphatic carboxylic acids is 1. The van der Waals surface area contributed by atoms with Gasteiger partial charge >= 0.3 is 5.97 Å². The first-order valence-electron chi connectivity index (χ1n) is 5.85. The van der Waals surface area contributed by atoms with Crippen LogP contribution in [0.4, 0.5) is 5.69 Å². The van der Waals surface area contributed by atoms with Gasteiger partial charge in [-0.05, 0) is 24.3 Å². The van der Waals surface area contributed by atoms with E-state index in [-0.39, 0.29) is 5.75 Å². The molecule has 8 heteroatoms. The Hall–Kier alpha value is -1.87. The molecule has 0 amide bonds. The topological polar surface area (TPSA) is 142 Å². The Morgan fingerprint density at radius 1 is 1.10 bits per heavy atom. The third-order valence-corrected chi connectivity index (χ3v) is 2.95. The van der Waals surface area contributed by atoms with Gasteiger partial charge < -0.3 is 35.6 Å². The number of rotatable bonds is 3. The van der Waals surface area contributed by atoms with Crippen LogP contribution < -0.4 is 10.5 Å². The van der Waals surface area contributed by atoms with Crippen molar-refractivity contribution in [3.05, 3.63) is 24.3 Å². The highest BCUT2D eigenvalue weighted by molar-refractivity contribution is 5.73. The second kappa shape index (κ2) is 5.63. The van der Waals surface area contributed by atoms with E-state index >= 15 is 0 Å². The summed E-state index contributed by atoms with van der Waals surface area (Å²) in [5.74, 6) is -1.19. The number of nitrogen functional groups attached to an aromatic ring is 1. The van der Waals surface area contributed by atoms with Gasteiger partial charge in [0.25, 0.3) is 0 Å². The van der Waals surface area contributed by atoms with Gasteiger partial charge in [-0.2, -0.15) is 0 Å². The molecule has 0 aliphatic carbocycles. The zero-order valence-electron chi connectivity index (χ0n) is 10.3. The standard InChI is InChI=1S/C12H15NO7/c13-5-1-3-6(4-2-5)19-12-9(16)7(14)8(15)10(20-12)11(17)18/h1-4,7-10,12,14-16H,13H2,(H,17,18)/t7-,8-,9-,10?,12+/m0/s1. The van der Waals surface area contributed by atoms with Gasteiger partial charge in [0, 0.05) is 5.69 Å². The van der Waals surface area contributed by atoms with E-state index in [1.54, 1.807) is 12.1 Å². The fourth-order valence-electron chi connectivity index (χ4n) is 1.83. The molecule has 110 valence electrons. The summed E-state index contributed by atoms with van der Waals surface area (Å²) in [5, 5.41) is 37.8. The number of aliphatic hydroxyl groups is 3. The maximum atomic E-state index is 10.9. The zero-order valence-corrected chi connectivity index (χ0v) is 10.3. The first-order chi connectivity index (χ1) is 9.40. The summed E-state index contributed by atoms with van der Waals surface area (Å²) in [6, 6.07) is 6.09. The third-order valence-electron chi connectivity index (χ3n) is 2.95. The minimum Gasteiger partial charge on any atom is -0.479 e. The van der Waals surface area contributed by atoms with Gasteiger partial charge in [0.2, 0.25) is 6.29 Å². The first kappa shape index (κ1) is 14.5. The molecule has 0 aromatic heterocycles. The quantitative estimate of drug-likeness (QED) is 0.424. The smallest absolute Gasteiger partial charge is 0.335 e. The molecule has 1 heterocycles. The van der Waals surface area contributed by atoms with E-state index in [1.807, 2.05) is 0 Å². The van der Waals surface area contributed by atoms with Gasteiger partial charge in [-0.3, -0.25) is 0 Å². The Kier molecular flexibility index (Phi) is 4.09. The van der Waals surface area contributed by atoms with Crippen LogP contribution in [0, 0.1) is 0 Å². The Labute approximate surface area is 114 Å². The number of anilines is 1. The maximum absolute atomic E-state index is 10.9. The summed E-state index contributed by atoms with van der Waals surface area (Å²) in [5.41, 5.74) is 6.00. The van der Waals surface area contributed by atoms with Crippen LogP contribution >= 0.6 is 0 Å². The lowest BCUT2D eigenvalue weighted by molar-refractivity contribution is -0.271. The molecule has 2 rings (SSSR count). The van der Waals surface area contributed by atoms with Gasteiger partial charge in [-0.1, -0.05) is 0 Å². The number of hydrogen-bond donors (Lipinski definition) is 5. The molecule has 6 N–H and O–H groups in total. The minimum absolute atomic E-state index is 0.274. The number of hydrogen-bond acceptors (Lipinski definition) is 7. The average Bonchev–Trinajstić information content (AvgIpc) is 2.41. The van der Waals surface area contributed by atoms with Gasteiger partial charge in [-0.15, -0.1) is 0 Å². The monoisotopic (exact) mass is 285 g/mol. The fraction of sp³-hybridized carbons (Fsp3) is 0.417. The van der Waals surface area contributed by atoms with E-state index in [4.69, 9.17) is 20.3 Å². The van der Waals surface area contributed by atoms with Crippen LogP contribution in [-0.2, 0) is 9.53 Å². The highest BCUT2D eigenvalue weighted by Gasteiger charge is 2.48. The van der Waals surface area contributed by atoms with Crippen molar-refractivity contribution in [2.45, 2.75) is 30.7 Å². The number of ether oxygens (including phenoxy) is 2. The molecule has 5 atom stereocenters. The van der Waals surface area contributed by atoms with Crippen molar-refractivity contribution in [3.63, 3.8) is 0 Å². The summed E-state index contributed by atoms with van der Waals surface area (Å²) in [6.07, 6.45) is -8.12. The van der Waals surface area contributed by atoms with E-state index < -0.39 is 36.7 Å². The number of benzene rings is 1. The molecular weight excluding hydrogens is 270 g/mol. The molecule has 1 aromatic rings. The molecule has 0 bridgehead atoms. The highest BCUT2D eigenvalue weighted by Crippen LogP contribution is 2.24. The lowest BCUT2D eigenvalue weighted by atomic mass is 9.99. The molecule has 1 fully saturated rings. The lowest BCUT2D eigenvalue weighted by Gasteiger charge is -2.38. The second-order valence-electron chi connectivity index (χ2n) is 4.42. The van der Waals surface area contributed by atoms with Crippen LogP contribution in [0.2, 0.25) is 0 Å². The van der Waals surface area contributed by atoms with E-state index in [0.717, 1.165) is 0 Å². The Balaban J connectivity index is 2.13. The van der Waals surface area contributed by atoms with E-state index in [2.05, 4.69) is 0 Å². The van der Waals surface area contributed by atoms with Crippen LogP contribution in [0.3, 0.4) is 0 Å². The third kappa shape index (κ3) is 2.83. The number of nitrogens with two attached hydrogens (primary N) is 1. The zero-order chi connectivity index (χ0) is 14.9. The highest BCUT2D eigenvalue weighted by atomic mass is 16.7. The molecule has 0 saturated carbocycles. The van der Waals surface area contributed by atoms with Gasteiger partial charge in [-0.25, -0.2) is 4.79 Å². The average molecular weight is 285 g/mol. The Morgan fingerprint density at radius 3 is 2.25 bits per heavy atom. The van der Waals surface area contributed by atoms with Crippen molar-refractivity contribution < 1.29 is 34.7 Å². The molecule has 1 aromatic carbocycles. The second-order valence-corrected chi connectivity index (χ2v) is 4.42. The van der Waals surface area contributed by atoms with Crippen LogP contribution in [0.25, 0.3) is 0 Å². The van der Waals surface area contributed by atoms with Gasteiger partial charge in [0.15, 0.2) is 6.10 Å². The van der Waals surface area contributed by atoms with Crippen LogP contribution in [-0.4, -0.2) is 57.1 Å². The predicted octanol–water partition coefficient (Wildman–Crippen LogP) is -1.46. The Morgan fingerprint density at radius 2 is 1.70 bits per heavy atom. The van der Waals surface area contributed by atoms with Crippen LogP contribution in [0.1, 0.15) is 0 Å². The van der Waals surface area contributed by atoms with E-state index in [9.17, 15) is 20.1 Å². The molecule has 1 aliphatic heterocycles. The van der Waals surface area contributed by atoms with Crippen molar-refractivity contribution in [2.24, 2.45) is 0 Å². The number of carboxylic acid groups (broad SMARTS) is 1. The summed E-state index contributed by atoms with van der Waals surface area (Å²) < 4.78 is 10.2.